The van der Waals surface area contributed by atoms with E-state index in [9.17, 15) is 4.39 Å². The van der Waals surface area contributed by atoms with E-state index in [0.29, 0.717) is 6.04 Å². The standard InChI is InChI=1S/C14H21FN2/c1-2-8-17-9-6-13(7-10-17)16-14-5-3-4-12(15)11-14/h3-5,11,13,16H,2,6-10H2,1H3. The third kappa shape index (κ3) is 3.70. The Bertz CT molecular complexity index is 346. The van der Waals surface area contributed by atoms with Crippen LogP contribution in [-0.4, -0.2) is 30.6 Å². The van der Waals surface area contributed by atoms with E-state index in [1.54, 1.807) is 12.1 Å². The van der Waals surface area contributed by atoms with Gasteiger partial charge in [0.05, 0.1) is 0 Å². The van der Waals surface area contributed by atoms with E-state index in [2.05, 4.69) is 17.1 Å². The molecular formula is C14H21FN2. The van der Waals surface area contributed by atoms with Crippen LogP contribution < -0.4 is 5.32 Å². The number of nitrogens with zero attached hydrogens (tertiary/aromatic N) is 1. The maximum absolute atomic E-state index is 13.0. The van der Waals surface area contributed by atoms with Gasteiger partial charge in [-0.05, 0) is 44.0 Å². The Hall–Kier alpha value is -1.09. The molecule has 1 saturated heterocycles. The summed E-state index contributed by atoms with van der Waals surface area (Å²) >= 11 is 0. The average molecular weight is 236 g/mol. The highest BCUT2D eigenvalue weighted by atomic mass is 19.1. The minimum atomic E-state index is -0.168. The highest BCUT2D eigenvalue weighted by Crippen LogP contribution is 2.17. The molecule has 0 unspecified atom stereocenters. The number of rotatable bonds is 4. The SMILES string of the molecule is CCCN1CCC(Nc2cccc(F)c2)CC1. The van der Waals surface area contributed by atoms with Crippen molar-refractivity contribution in [3.8, 4) is 0 Å². The third-order valence-corrected chi connectivity index (χ3v) is 3.32. The van der Waals surface area contributed by atoms with E-state index in [0.717, 1.165) is 31.6 Å². The second-order valence-electron chi connectivity index (χ2n) is 4.77. The van der Waals surface area contributed by atoms with Crippen molar-refractivity contribution in [2.45, 2.75) is 32.2 Å². The minimum Gasteiger partial charge on any atom is -0.382 e. The van der Waals surface area contributed by atoms with Crippen molar-refractivity contribution in [1.29, 1.82) is 0 Å². The lowest BCUT2D eigenvalue weighted by atomic mass is 10.0. The molecule has 1 aromatic rings. The molecule has 2 nitrogen and oxygen atoms in total. The quantitative estimate of drug-likeness (QED) is 0.864. The highest BCUT2D eigenvalue weighted by Gasteiger charge is 2.18. The number of anilines is 1. The number of likely N-dealkylation sites (tertiary alicyclic amines) is 1. The fourth-order valence-electron chi connectivity index (χ4n) is 2.43. The number of halogens is 1. The van der Waals surface area contributed by atoms with E-state index >= 15 is 0 Å². The Labute approximate surface area is 103 Å². The number of nitrogens with one attached hydrogen (secondary N) is 1. The molecule has 0 amide bonds. The molecule has 1 fully saturated rings. The zero-order valence-electron chi connectivity index (χ0n) is 10.5. The predicted octanol–water partition coefficient (Wildman–Crippen LogP) is 3.11. The van der Waals surface area contributed by atoms with Crippen LogP contribution in [0, 0.1) is 5.82 Å². The molecule has 0 saturated carbocycles. The molecule has 2 rings (SSSR count). The molecule has 1 aliphatic rings. The predicted molar refractivity (Wildman–Crippen MR) is 69.8 cm³/mol. The Morgan fingerprint density at radius 2 is 2.12 bits per heavy atom. The first-order chi connectivity index (χ1) is 8.28. The van der Waals surface area contributed by atoms with E-state index in [4.69, 9.17) is 0 Å². The largest absolute Gasteiger partial charge is 0.382 e. The van der Waals surface area contributed by atoms with Crippen LogP contribution >= 0.6 is 0 Å². The first-order valence-corrected chi connectivity index (χ1v) is 6.52. The van der Waals surface area contributed by atoms with Crippen LogP contribution in [0.2, 0.25) is 0 Å². The van der Waals surface area contributed by atoms with Crippen molar-refractivity contribution >= 4 is 5.69 Å². The van der Waals surface area contributed by atoms with Crippen LogP contribution in [-0.2, 0) is 0 Å². The Kier molecular flexibility index (Phi) is 4.37. The summed E-state index contributed by atoms with van der Waals surface area (Å²) in [7, 11) is 0. The topological polar surface area (TPSA) is 15.3 Å². The number of benzene rings is 1. The molecule has 0 aromatic heterocycles. The molecule has 0 bridgehead atoms. The smallest absolute Gasteiger partial charge is 0.125 e. The summed E-state index contributed by atoms with van der Waals surface area (Å²) < 4.78 is 13.0. The lowest BCUT2D eigenvalue weighted by Crippen LogP contribution is -2.39. The van der Waals surface area contributed by atoms with E-state index in [-0.39, 0.29) is 5.82 Å². The first-order valence-electron chi connectivity index (χ1n) is 6.52. The zero-order chi connectivity index (χ0) is 12.1. The van der Waals surface area contributed by atoms with E-state index in [1.807, 2.05) is 6.07 Å². The summed E-state index contributed by atoms with van der Waals surface area (Å²) in [6, 6.07) is 7.23. The second-order valence-corrected chi connectivity index (χ2v) is 4.77. The van der Waals surface area contributed by atoms with E-state index < -0.39 is 0 Å². The Morgan fingerprint density at radius 1 is 1.35 bits per heavy atom. The summed E-state index contributed by atoms with van der Waals surface area (Å²) in [5, 5.41) is 3.42. The summed E-state index contributed by atoms with van der Waals surface area (Å²) in [6.45, 7) is 5.73. The third-order valence-electron chi connectivity index (χ3n) is 3.32. The molecule has 17 heavy (non-hydrogen) atoms. The van der Waals surface area contributed by atoms with Gasteiger partial charge in [0.25, 0.3) is 0 Å². The normalized spacial score (nSPS) is 18.2. The molecule has 1 heterocycles. The van der Waals surface area contributed by atoms with Gasteiger partial charge in [0.2, 0.25) is 0 Å². The summed E-state index contributed by atoms with van der Waals surface area (Å²) in [5.41, 5.74) is 0.902. The summed E-state index contributed by atoms with van der Waals surface area (Å²) in [5.74, 6) is -0.168. The van der Waals surface area contributed by atoms with Crippen molar-refractivity contribution in [3.05, 3.63) is 30.1 Å². The molecule has 94 valence electrons. The van der Waals surface area contributed by atoms with Gasteiger partial charge in [-0.2, -0.15) is 0 Å². The van der Waals surface area contributed by atoms with Crippen molar-refractivity contribution in [2.24, 2.45) is 0 Å². The molecule has 0 spiro atoms. The Balaban J connectivity index is 1.82. The van der Waals surface area contributed by atoms with Gasteiger partial charge >= 0.3 is 0 Å². The van der Waals surface area contributed by atoms with Gasteiger partial charge in [-0.3, -0.25) is 0 Å². The van der Waals surface area contributed by atoms with Crippen LogP contribution in [0.1, 0.15) is 26.2 Å². The van der Waals surface area contributed by atoms with Gasteiger partial charge in [0.1, 0.15) is 5.82 Å². The van der Waals surface area contributed by atoms with Gasteiger partial charge < -0.3 is 10.2 Å². The molecule has 0 radical (unpaired) electrons. The van der Waals surface area contributed by atoms with Crippen molar-refractivity contribution in [3.63, 3.8) is 0 Å². The number of piperidine rings is 1. The monoisotopic (exact) mass is 236 g/mol. The fourth-order valence-corrected chi connectivity index (χ4v) is 2.43. The number of hydrogen-bond donors (Lipinski definition) is 1. The summed E-state index contributed by atoms with van der Waals surface area (Å²) in [4.78, 5) is 2.50. The first kappa shape index (κ1) is 12.4. The fraction of sp³-hybridized carbons (Fsp3) is 0.571. The average Bonchev–Trinajstić information content (AvgIpc) is 2.32. The number of hydrogen-bond acceptors (Lipinski definition) is 2. The molecule has 1 aromatic carbocycles. The Morgan fingerprint density at radius 3 is 2.76 bits per heavy atom. The van der Waals surface area contributed by atoms with Gasteiger partial charge in [0.15, 0.2) is 0 Å². The van der Waals surface area contributed by atoms with Crippen molar-refractivity contribution in [1.82, 2.24) is 4.90 Å². The zero-order valence-corrected chi connectivity index (χ0v) is 10.5. The van der Waals surface area contributed by atoms with Crippen LogP contribution in [0.4, 0.5) is 10.1 Å². The van der Waals surface area contributed by atoms with Gasteiger partial charge in [-0.25, -0.2) is 4.39 Å². The lowest BCUT2D eigenvalue weighted by Gasteiger charge is -2.32. The van der Waals surface area contributed by atoms with E-state index in [1.165, 1.54) is 19.0 Å². The summed E-state index contributed by atoms with van der Waals surface area (Å²) in [6.07, 6.45) is 3.52. The molecule has 0 aliphatic carbocycles. The van der Waals surface area contributed by atoms with Crippen molar-refractivity contribution in [2.75, 3.05) is 25.0 Å². The highest BCUT2D eigenvalue weighted by molar-refractivity contribution is 5.44. The van der Waals surface area contributed by atoms with Gasteiger partial charge in [-0.1, -0.05) is 13.0 Å². The van der Waals surface area contributed by atoms with Crippen LogP contribution in [0.5, 0.6) is 0 Å². The molecule has 0 atom stereocenters. The van der Waals surface area contributed by atoms with Crippen LogP contribution in [0.25, 0.3) is 0 Å². The molecule has 1 N–H and O–H groups in total. The maximum atomic E-state index is 13.0. The lowest BCUT2D eigenvalue weighted by molar-refractivity contribution is 0.219. The molecule has 1 aliphatic heterocycles. The van der Waals surface area contributed by atoms with Crippen LogP contribution in [0.3, 0.4) is 0 Å². The maximum Gasteiger partial charge on any atom is 0.125 e. The van der Waals surface area contributed by atoms with Gasteiger partial charge in [0, 0.05) is 24.8 Å². The molecular weight excluding hydrogens is 215 g/mol. The minimum absolute atomic E-state index is 0.168. The van der Waals surface area contributed by atoms with Gasteiger partial charge in [-0.15, -0.1) is 0 Å². The van der Waals surface area contributed by atoms with Crippen LogP contribution in [0.15, 0.2) is 24.3 Å². The second kappa shape index (κ2) is 6.01. The molecule has 3 heteroatoms. The van der Waals surface area contributed by atoms with Crippen molar-refractivity contribution < 1.29 is 4.39 Å².